The van der Waals surface area contributed by atoms with Crippen LogP contribution in [0, 0.1) is 6.92 Å². The highest BCUT2D eigenvalue weighted by Crippen LogP contribution is 2.25. The molecule has 0 saturated carbocycles. The van der Waals surface area contributed by atoms with Crippen LogP contribution in [0.25, 0.3) is 5.95 Å². The summed E-state index contributed by atoms with van der Waals surface area (Å²) < 4.78 is 6.53. The number of amides is 2. The van der Waals surface area contributed by atoms with Crippen molar-refractivity contribution in [3.63, 3.8) is 0 Å². The van der Waals surface area contributed by atoms with Gasteiger partial charge in [-0.25, -0.2) is 9.78 Å². The third-order valence-corrected chi connectivity index (χ3v) is 4.13. The molecule has 2 amide bonds. The summed E-state index contributed by atoms with van der Waals surface area (Å²) >= 11 is 0. The van der Waals surface area contributed by atoms with Gasteiger partial charge in [0.2, 0.25) is 5.95 Å². The van der Waals surface area contributed by atoms with Crippen LogP contribution in [0.2, 0.25) is 0 Å². The second-order valence-electron chi connectivity index (χ2n) is 7.59. The number of nitrogens with zero attached hydrogens (tertiary/aromatic N) is 3. The van der Waals surface area contributed by atoms with Crippen molar-refractivity contribution in [1.82, 2.24) is 19.7 Å². The van der Waals surface area contributed by atoms with Crippen LogP contribution >= 0.6 is 0 Å². The van der Waals surface area contributed by atoms with Gasteiger partial charge in [0.1, 0.15) is 11.6 Å². The predicted molar refractivity (Wildman–Crippen MR) is 111 cm³/mol. The van der Waals surface area contributed by atoms with Gasteiger partial charge in [-0.3, -0.25) is 15.1 Å². The Kier molecular flexibility index (Phi) is 5.40. The van der Waals surface area contributed by atoms with Crippen molar-refractivity contribution in [3.05, 3.63) is 58.1 Å². The largest absolute Gasteiger partial charge is 0.497 e. The van der Waals surface area contributed by atoms with Crippen LogP contribution in [-0.2, 0) is 5.41 Å². The zero-order chi connectivity index (χ0) is 21.2. The Hall–Kier alpha value is -3.62. The number of hydrogen-bond acceptors (Lipinski definition) is 5. The van der Waals surface area contributed by atoms with Crippen LogP contribution in [0.5, 0.6) is 5.75 Å². The highest BCUT2D eigenvalue weighted by molar-refractivity contribution is 5.99. The zero-order valence-corrected chi connectivity index (χ0v) is 17.0. The molecular weight excluding hydrogens is 372 g/mol. The first-order chi connectivity index (χ1) is 13.7. The molecule has 29 heavy (non-hydrogen) atoms. The molecule has 9 heteroatoms. The van der Waals surface area contributed by atoms with Crippen molar-refractivity contribution in [2.75, 3.05) is 17.7 Å². The summed E-state index contributed by atoms with van der Waals surface area (Å²) in [6.07, 6.45) is 0. The number of anilines is 2. The van der Waals surface area contributed by atoms with Crippen molar-refractivity contribution in [2.45, 2.75) is 33.1 Å². The van der Waals surface area contributed by atoms with E-state index in [0.29, 0.717) is 22.9 Å². The minimum atomic E-state index is -0.452. The molecule has 0 spiro atoms. The number of aromatic nitrogens is 4. The third-order valence-electron chi connectivity index (χ3n) is 4.13. The van der Waals surface area contributed by atoms with Gasteiger partial charge in [0.25, 0.3) is 5.56 Å². The summed E-state index contributed by atoms with van der Waals surface area (Å²) in [6.45, 7) is 7.74. The van der Waals surface area contributed by atoms with Crippen molar-refractivity contribution in [2.24, 2.45) is 0 Å². The van der Waals surface area contributed by atoms with Gasteiger partial charge < -0.3 is 10.1 Å². The normalized spacial score (nSPS) is 11.2. The van der Waals surface area contributed by atoms with Crippen molar-refractivity contribution < 1.29 is 9.53 Å². The van der Waals surface area contributed by atoms with Crippen LogP contribution in [0.3, 0.4) is 0 Å². The fourth-order valence-electron chi connectivity index (χ4n) is 2.61. The molecule has 1 aromatic carbocycles. The number of rotatable bonds is 4. The highest BCUT2D eigenvalue weighted by Gasteiger charge is 2.22. The molecule has 0 radical (unpaired) electrons. The number of carbonyl (C=O) groups excluding carboxylic acids is 1. The summed E-state index contributed by atoms with van der Waals surface area (Å²) in [5, 5.41) is 10.1. The van der Waals surface area contributed by atoms with Crippen LogP contribution in [0.1, 0.15) is 32.2 Å². The second kappa shape index (κ2) is 7.78. The maximum atomic E-state index is 12.5. The summed E-state index contributed by atoms with van der Waals surface area (Å²) in [7, 11) is 1.58. The van der Waals surface area contributed by atoms with E-state index in [9.17, 15) is 9.59 Å². The Bertz CT molecular complexity index is 1080. The van der Waals surface area contributed by atoms with Gasteiger partial charge in [-0.15, -0.1) is 0 Å². The second-order valence-corrected chi connectivity index (χ2v) is 7.59. The first kappa shape index (κ1) is 20.1. The molecule has 3 N–H and O–H groups in total. The third kappa shape index (κ3) is 4.81. The van der Waals surface area contributed by atoms with E-state index in [2.05, 4.69) is 25.7 Å². The molecule has 2 aromatic heterocycles. The molecule has 9 nitrogen and oxygen atoms in total. The van der Waals surface area contributed by atoms with Gasteiger partial charge in [-0.05, 0) is 31.2 Å². The van der Waals surface area contributed by atoms with E-state index in [1.807, 2.05) is 20.8 Å². The predicted octanol–water partition coefficient (Wildman–Crippen LogP) is 3.21. The lowest BCUT2D eigenvalue weighted by Crippen LogP contribution is -2.22. The van der Waals surface area contributed by atoms with Gasteiger partial charge in [-0.1, -0.05) is 20.8 Å². The molecule has 152 valence electrons. The number of carbonyl (C=O) groups is 1. The van der Waals surface area contributed by atoms with E-state index in [0.717, 1.165) is 5.69 Å². The van der Waals surface area contributed by atoms with E-state index in [-0.39, 0.29) is 16.9 Å². The number of benzene rings is 1. The van der Waals surface area contributed by atoms with E-state index < -0.39 is 6.03 Å². The molecule has 0 aliphatic carbocycles. The topological polar surface area (TPSA) is 114 Å². The fraction of sp³-hybridized carbons (Fsp3) is 0.300. The average Bonchev–Trinajstić information content (AvgIpc) is 3.05. The summed E-state index contributed by atoms with van der Waals surface area (Å²) in [5.74, 6) is 1.30. The number of aromatic amines is 1. The number of H-pyrrole nitrogens is 1. The molecule has 0 bridgehead atoms. The van der Waals surface area contributed by atoms with Crippen molar-refractivity contribution >= 4 is 17.5 Å². The fourth-order valence-corrected chi connectivity index (χ4v) is 2.61. The number of methoxy groups -OCH3 is 1. The van der Waals surface area contributed by atoms with Gasteiger partial charge >= 0.3 is 6.03 Å². The number of nitrogens with one attached hydrogen (secondary N) is 3. The van der Waals surface area contributed by atoms with E-state index >= 15 is 0 Å². The molecule has 0 aliphatic rings. The number of ether oxygens (including phenoxy) is 1. The Morgan fingerprint density at radius 3 is 2.41 bits per heavy atom. The minimum absolute atomic E-state index is 0.227. The number of urea groups is 1. The van der Waals surface area contributed by atoms with Crippen molar-refractivity contribution in [1.29, 1.82) is 0 Å². The van der Waals surface area contributed by atoms with Gasteiger partial charge in [0.15, 0.2) is 0 Å². The Morgan fingerprint density at radius 2 is 1.83 bits per heavy atom. The first-order valence-corrected chi connectivity index (χ1v) is 9.06. The maximum Gasteiger partial charge on any atom is 0.324 e. The van der Waals surface area contributed by atoms with Crippen molar-refractivity contribution in [3.8, 4) is 11.7 Å². The van der Waals surface area contributed by atoms with Crippen LogP contribution in [0.15, 0.2) is 41.2 Å². The lowest BCUT2D eigenvalue weighted by Gasteiger charge is -2.13. The quantitative estimate of drug-likeness (QED) is 0.627. The highest BCUT2D eigenvalue weighted by atomic mass is 16.5. The molecule has 0 saturated heterocycles. The lowest BCUT2D eigenvalue weighted by molar-refractivity contribution is 0.262. The Balaban J connectivity index is 1.91. The van der Waals surface area contributed by atoms with Gasteiger partial charge in [0, 0.05) is 28.9 Å². The van der Waals surface area contributed by atoms with Gasteiger partial charge in [-0.2, -0.15) is 9.78 Å². The Morgan fingerprint density at radius 1 is 1.14 bits per heavy atom. The van der Waals surface area contributed by atoms with E-state index in [4.69, 9.17) is 4.74 Å². The van der Waals surface area contributed by atoms with E-state index in [1.165, 1.54) is 10.7 Å². The zero-order valence-electron chi connectivity index (χ0n) is 17.0. The molecule has 0 aliphatic heterocycles. The summed E-state index contributed by atoms with van der Waals surface area (Å²) in [4.78, 5) is 31.4. The Labute approximate surface area is 168 Å². The maximum absolute atomic E-state index is 12.5. The number of hydrogen-bond donors (Lipinski definition) is 3. The number of aryl methyl sites for hydroxylation is 1. The van der Waals surface area contributed by atoms with Crippen LogP contribution in [-0.4, -0.2) is 32.9 Å². The SMILES string of the molecule is COc1ccc(NC(=O)Nc2cc(C(C)(C)C)nn2-c2nc(C)cc(=O)[nH]2)cc1. The molecule has 2 heterocycles. The summed E-state index contributed by atoms with van der Waals surface area (Å²) in [5.41, 5.74) is 1.33. The first-order valence-electron chi connectivity index (χ1n) is 9.06. The monoisotopic (exact) mass is 396 g/mol. The van der Waals surface area contributed by atoms with Gasteiger partial charge in [0.05, 0.1) is 12.8 Å². The average molecular weight is 396 g/mol. The standard InChI is InChI=1S/C20H24N6O3/c1-12-10-17(27)24-18(21-12)26-16(11-15(25-26)20(2,3)4)23-19(28)22-13-6-8-14(29-5)9-7-13/h6-11H,1-5H3,(H,21,24,27)(H2,22,23,28). The molecule has 0 unspecified atom stereocenters. The summed E-state index contributed by atoms with van der Waals surface area (Å²) in [6, 6.07) is 9.66. The minimum Gasteiger partial charge on any atom is -0.497 e. The van der Waals surface area contributed by atoms with Crippen LogP contribution < -0.4 is 20.9 Å². The lowest BCUT2D eigenvalue weighted by atomic mass is 9.92. The molecule has 0 atom stereocenters. The van der Waals surface area contributed by atoms with E-state index in [1.54, 1.807) is 44.4 Å². The van der Waals surface area contributed by atoms with Crippen LogP contribution in [0.4, 0.5) is 16.3 Å². The molecule has 3 rings (SSSR count). The smallest absolute Gasteiger partial charge is 0.324 e. The molecular formula is C20H24N6O3. The molecule has 0 fully saturated rings. The molecule has 3 aromatic rings.